The lowest BCUT2D eigenvalue weighted by Gasteiger charge is -2.11. The fourth-order valence-electron chi connectivity index (χ4n) is 2.29. The van der Waals surface area contributed by atoms with Crippen molar-refractivity contribution in [1.82, 2.24) is 10.1 Å². The Balaban J connectivity index is 1.79. The molecular formula is C18H17N3O3. The maximum Gasteiger partial charge on any atom is 0.257 e. The van der Waals surface area contributed by atoms with E-state index in [4.69, 9.17) is 9.26 Å². The van der Waals surface area contributed by atoms with E-state index in [1.165, 1.54) is 0 Å². The largest absolute Gasteiger partial charge is 0.495 e. The molecule has 0 bridgehead atoms. The van der Waals surface area contributed by atoms with Crippen LogP contribution in [0.4, 0.5) is 5.69 Å². The molecule has 122 valence electrons. The van der Waals surface area contributed by atoms with E-state index in [1.807, 2.05) is 25.1 Å². The summed E-state index contributed by atoms with van der Waals surface area (Å²) in [7, 11) is 1.57. The number of benzene rings is 2. The van der Waals surface area contributed by atoms with Gasteiger partial charge in [0.05, 0.1) is 12.8 Å². The van der Waals surface area contributed by atoms with Crippen molar-refractivity contribution in [2.75, 3.05) is 12.4 Å². The van der Waals surface area contributed by atoms with Crippen LogP contribution in [0.2, 0.25) is 0 Å². The summed E-state index contributed by atoms with van der Waals surface area (Å²) in [6.07, 6.45) is 0. The number of methoxy groups -OCH3 is 1. The average Bonchev–Trinajstić information content (AvgIpc) is 3.02. The van der Waals surface area contributed by atoms with E-state index >= 15 is 0 Å². The number of hydrogen-bond acceptors (Lipinski definition) is 5. The van der Waals surface area contributed by atoms with Gasteiger partial charge in [0.2, 0.25) is 0 Å². The van der Waals surface area contributed by atoms with Crippen LogP contribution < -0.4 is 10.1 Å². The summed E-state index contributed by atoms with van der Waals surface area (Å²) in [6, 6.07) is 12.6. The van der Waals surface area contributed by atoms with Crippen molar-refractivity contribution < 1.29 is 14.1 Å². The fraction of sp³-hybridized carbons (Fsp3) is 0.167. The minimum Gasteiger partial charge on any atom is -0.495 e. The molecule has 0 aliphatic heterocycles. The van der Waals surface area contributed by atoms with Crippen LogP contribution in [0.15, 0.2) is 47.0 Å². The van der Waals surface area contributed by atoms with E-state index < -0.39 is 0 Å². The van der Waals surface area contributed by atoms with E-state index in [1.54, 1.807) is 38.3 Å². The number of nitrogens with zero attached hydrogens (tertiary/aromatic N) is 2. The second-order valence-corrected chi connectivity index (χ2v) is 5.38. The zero-order valence-corrected chi connectivity index (χ0v) is 13.7. The van der Waals surface area contributed by atoms with Gasteiger partial charge in [-0.2, -0.15) is 4.98 Å². The predicted octanol–water partition coefficient (Wildman–Crippen LogP) is 3.61. The van der Waals surface area contributed by atoms with E-state index in [0.717, 1.165) is 11.1 Å². The Hall–Kier alpha value is -3.15. The first kappa shape index (κ1) is 15.7. The summed E-state index contributed by atoms with van der Waals surface area (Å²) in [6.45, 7) is 3.71. The Labute approximate surface area is 139 Å². The van der Waals surface area contributed by atoms with Crippen LogP contribution in [0.25, 0.3) is 11.5 Å². The third-order valence-corrected chi connectivity index (χ3v) is 3.52. The highest BCUT2D eigenvalue weighted by Gasteiger charge is 2.12. The summed E-state index contributed by atoms with van der Waals surface area (Å²) in [4.78, 5) is 16.6. The van der Waals surface area contributed by atoms with Crippen LogP contribution in [0.3, 0.4) is 0 Å². The molecule has 0 radical (unpaired) electrons. The second kappa shape index (κ2) is 6.54. The Bertz CT molecular complexity index is 869. The second-order valence-electron chi connectivity index (χ2n) is 5.38. The first-order valence-electron chi connectivity index (χ1n) is 7.43. The quantitative estimate of drug-likeness (QED) is 0.793. The van der Waals surface area contributed by atoms with Gasteiger partial charge in [-0.25, -0.2) is 0 Å². The molecular weight excluding hydrogens is 306 g/mol. The Morgan fingerprint density at radius 1 is 1.12 bits per heavy atom. The number of hydrogen-bond donors (Lipinski definition) is 1. The van der Waals surface area contributed by atoms with Crippen LogP contribution in [0.1, 0.15) is 21.7 Å². The highest BCUT2D eigenvalue weighted by atomic mass is 16.5. The molecule has 0 aliphatic carbocycles. The third-order valence-electron chi connectivity index (χ3n) is 3.52. The van der Waals surface area contributed by atoms with E-state index in [9.17, 15) is 4.79 Å². The Kier molecular flexibility index (Phi) is 4.29. The number of nitrogens with one attached hydrogen (secondary N) is 1. The number of carbonyl (C=O) groups is 1. The molecule has 24 heavy (non-hydrogen) atoms. The SMILES string of the molecule is COc1ccc(C)cc1NC(=O)c1ccc(-c2nc(C)no2)cc1. The first-order chi connectivity index (χ1) is 11.6. The summed E-state index contributed by atoms with van der Waals surface area (Å²) < 4.78 is 10.4. The molecule has 3 rings (SSSR count). The number of carbonyl (C=O) groups excluding carboxylic acids is 1. The van der Waals surface area contributed by atoms with Gasteiger partial charge < -0.3 is 14.6 Å². The van der Waals surface area contributed by atoms with Crippen LogP contribution in [-0.4, -0.2) is 23.2 Å². The molecule has 6 nitrogen and oxygen atoms in total. The minimum absolute atomic E-state index is 0.216. The van der Waals surface area contributed by atoms with Gasteiger partial charge in [-0.15, -0.1) is 0 Å². The zero-order valence-electron chi connectivity index (χ0n) is 13.7. The van der Waals surface area contributed by atoms with E-state index in [-0.39, 0.29) is 5.91 Å². The summed E-state index contributed by atoms with van der Waals surface area (Å²) in [5.74, 6) is 1.40. The summed E-state index contributed by atoms with van der Waals surface area (Å²) in [5.41, 5.74) is 2.96. The molecule has 6 heteroatoms. The fourth-order valence-corrected chi connectivity index (χ4v) is 2.29. The molecule has 1 heterocycles. The lowest BCUT2D eigenvalue weighted by atomic mass is 10.1. The standard InChI is InChI=1S/C18H17N3O3/c1-11-4-9-16(23-3)15(10-11)20-17(22)13-5-7-14(8-6-13)18-19-12(2)21-24-18/h4-10H,1-3H3,(H,20,22). The van der Waals surface area contributed by atoms with Crippen molar-refractivity contribution in [2.24, 2.45) is 0 Å². The van der Waals surface area contributed by atoms with E-state index in [2.05, 4.69) is 15.5 Å². The maximum absolute atomic E-state index is 12.4. The summed E-state index contributed by atoms with van der Waals surface area (Å²) >= 11 is 0. The van der Waals surface area contributed by atoms with Crippen molar-refractivity contribution in [3.05, 3.63) is 59.4 Å². The number of rotatable bonds is 4. The topological polar surface area (TPSA) is 77.2 Å². The van der Waals surface area contributed by atoms with Gasteiger partial charge in [-0.1, -0.05) is 11.2 Å². The van der Waals surface area contributed by atoms with Gasteiger partial charge in [0, 0.05) is 11.1 Å². The summed E-state index contributed by atoms with van der Waals surface area (Å²) in [5, 5.41) is 6.62. The highest BCUT2D eigenvalue weighted by Crippen LogP contribution is 2.26. The Morgan fingerprint density at radius 2 is 1.88 bits per heavy atom. The average molecular weight is 323 g/mol. The van der Waals surface area contributed by atoms with Gasteiger partial charge in [0.25, 0.3) is 11.8 Å². The number of ether oxygens (including phenoxy) is 1. The molecule has 0 aliphatic rings. The molecule has 1 amide bonds. The maximum atomic E-state index is 12.4. The predicted molar refractivity (Wildman–Crippen MR) is 90.2 cm³/mol. The van der Waals surface area contributed by atoms with Crippen molar-refractivity contribution in [2.45, 2.75) is 13.8 Å². The lowest BCUT2D eigenvalue weighted by Crippen LogP contribution is -2.12. The molecule has 0 atom stereocenters. The highest BCUT2D eigenvalue weighted by molar-refractivity contribution is 6.05. The minimum atomic E-state index is -0.216. The number of aromatic nitrogens is 2. The molecule has 3 aromatic rings. The number of aryl methyl sites for hydroxylation is 2. The van der Waals surface area contributed by atoms with Gasteiger partial charge >= 0.3 is 0 Å². The van der Waals surface area contributed by atoms with E-state index in [0.29, 0.717) is 28.7 Å². The first-order valence-corrected chi connectivity index (χ1v) is 7.43. The van der Waals surface area contributed by atoms with Crippen LogP contribution >= 0.6 is 0 Å². The number of amides is 1. The van der Waals surface area contributed by atoms with Gasteiger partial charge in [-0.05, 0) is 55.8 Å². The van der Waals surface area contributed by atoms with Crippen molar-refractivity contribution in [3.63, 3.8) is 0 Å². The van der Waals surface area contributed by atoms with Crippen LogP contribution in [0, 0.1) is 13.8 Å². The van der Waals surface area contributed by atoms with Gasteiger partial charge in [0.1, 0.15) is 5.75 Å². The van der Waals surface area contributed by atoms with Gasteiger partial charge in [0.15, 0.2) is 5.82 Å². The third kappa shape index (κ3) is 3.27. The monoisotopic (exact) mass is 323 g/mol. The molecule has 0 fully saturated rings. The molecule has 0 spiro atoms. The van der Waals surface area contributed by atoms with Crippen LogP contribution in [-0.2, 0) is 0 Å². The molecule has 0 saturated heterocycles. The van der Waals surface area contributed by atoms with Crippen molar-refractivity contribution in [3.8, 4) is 17.2 Å². The van der Waals surface area contributed by atoms with Crippen molar-refractivity contribution in [1.29, 1.82) is 0 Å². The lowest BCUT2D eigenvalue weighted by molar-refractivity contribution is 0.102. The molecule has 0 unspecified atom stereocenters. The van der Waals surface area contributed by atoms with Crippen molar-refractivity contribution >= 4 is 11.6 Å². The Morgan fingerprint density at radius 3 is 2.50 bits per heavy atom. The molecule has 0 saturated carbocycles. The smallest absolute Gasteiger partial charge is 0.257 e. The molecule has 1 aromatic heterocycles. The van der Waals surface area contributed by atoms with Crippen LogP contribution in [0.5, 0.6) is 5.75 Å². The zero-order chi connectivity index (χ0) is 17.1. The normalized spacial score (nSPS) is 10.5. The molecule has 1 N–H and O–H groups in total. The number of anilines is 1. The molecule has 2 aromatic carbocycles. The van der Waals surface area contributed by atoms with Gasteiger partial charge in [-0.3, -0.25) is 4.79 Å².